The predicted octanol–water partition coefficient (Wildman–Crippen LogP) is 1.98. The molecule has 0 radical (unpaired) electrons. The van der Waals surface area contributed by atoms with Gasteiger partial charge in [0.2, 0.25) is 0 Å². The minimum atomic E-state index is 0.261. The summed E-state index contributed by atoms with van der Waals surface area (Å²) in [5.74, 6) is 1.08. The summed E-state index contributed by atoms with van der Waals surface area (Å²) in [5.41, 5.74) is 3.30. The van der Waals surface area contributed by atoms with Crippen molar-refractivity contribution in [3.63, 3.8) is 0 Å². The van der Waals surface area contributed by atoms with E-state index in [1.807, 2.05) is 19.4 Å². The largest absolute Gasteiger partial charge is 0.395 e. The molecule has 0 bridgehead atoms. The van der Waals surface area contributed by atoms with E-state index in [-0.39, 0.29) is 6.61 Å². The van der Waals surface area contributed by atoms with E-state index in [0.29, 0.717) is 11.5 Å². The van der Waals surface area contributed by atoms with Crippen molar-refractivity contribution in [2.24, 2.45) is 7.05 Å². The molecule has 5 heteroatoms. The van der Waals surface area contributed by atoms with Gasteiger partial charge in [0.1, 0.15) is 5.82 Å². The van der Waals surface area contributed by atoms with Crippen LogP contribution in [0, 0.1) is 0 Å². The molecule has 1 unspecified atom stereocenters. The molecule has 1 aliphatic heterocycles. The summed E-state index contributed by atoms with van der Waals surface area (Å²) < 4.78 is 2.08. The van der Waals surface area contributed by atoms with Gasteiger partial charge in [0.25, 0.3) is 0 Å². The number of aliphatic hydroxyl groups is 1. The summed E-state index contributed by atoms with van der Waals surface area (Å²) in [6, 6.07) is 9.37. The van der Waals surface area contributed by atoms with E-state index in [4.69, 9.17) is 0 Å². The zero-order valence-electron chi connectivity index (χ0n) is 15.0. The predicted molar refractivity (Wildman–Crippen MR) is 98.3 cm³/mol. The van der Waals surface area contributed by atoms with E-state index >= 15 is 0 Å². The SMILES string of the molecule is Cn1ccnc1CNC1CC2(CCN(CCO)CC2)c2ccccc21. The third-order valence-corrected chi connectivity index (χ3v) is 6.16. The van der Waals surface area contributed by atoms with Crippen LogP contribution < -0.4 is 5.32 Å². The Morgan fingerprint density at radius 2 is 2.08 bits per heavy atom. The minimum absolute atomic E-state index is 0.261. The van der Waals surface area contributed by atoms with Crippen LogP contribution in [0.4, 0.5) is 0 Å². The van der Waals surface area contributed by atoms with Crippen molar-refractivity contribution >= 4 is 0 Å². The summed E-state index contributed by atoms with van der Waals surface area (Å²) in [6.07, 6.45) is 7.40. The third kappa shape index (κ3) is 3.12. The number of nitrogens with one attached hydrogen (secondary N) is 1. The van der Waals surface area contributed by atoms with Crippen LogP contribution >= 0.6 is 0 Å². The van der Waals surface area contributed by atoms with Crippen LogP contribution in [-0.2, 0) is 19.0 Å². The Kier molecular flexibility index (Phi) is 4.63. The monoisotopic (exact) mass is 340 g/mol. The Balaban J connectivity index is 1.51. The minimum Gasteiger partial charge on any atom is -0.395 e. The first-order valence-electron chi connectivity index (χ1n) is 9.34. The van der Waals surface area contributed by atoms with Gasteiger partial charge in [-0.1, -0.05) is 24.3 Å². The number of β-amino-alcohol motifs (C(OH)–C–C–N with tert-alkyl or cyclic N) is 1. The molecule has 25 heavy (non-hydrogen) atoms. The second-order valence-corrected chi connectivity index (χ2v) is 7.52. The average molecular weight is 340 g/mol. The fourth-order valence-corrected chi connectivity index (χ4v) is 4.68. The fourth-order valence-electron chi connectivity index (χ4n) is 4.68. The number of rotatable bonds is 5. The van der Waals surface area contributed by atoms with Crippen LogP contribution in [0.3, 0.4) is 0 Å². The van der Waals surface area contributed by atoms with Crippen molar-refractivity contribution in [3.05, 3.63) is 53.6 Å². The molecule has 0 saturated carbocycles. The molecule has 4 rings (SSSR count). The quantitative estimate of drug-likeness (QED) is 0.874. The number of likely N-dealkylation sites (tertiary alicyclic amines) is 1. The second kappa shape index (κ2) is 6.90. The van der Waals surface area contributed by atoms with E-state index in [1.165, 1.54) is 30.4 Å². The molecule has 2 aliphatic rings. The molecule has 1 aliphatic carbocycles. The molecule has 2 aromatic rings. The maximum atomic E-state index is 9.20. The number of aromatic nitrogens is 2. The molecule has 1 saturated heterocycles. The highest BCUT2D eigenvalue weighted by Gasteiger charge is 2.44. The molecule has 1 spiro atoms. The summed E-state index contributed by atoms with van der Waals surface area (Å²) >= 11 is 0. The standard InChI is InChI=1S/C20H28N4O/c1-23-11-8-21-19(23)15-22-18-14-20(17-5-3-2-4-16(17)18)6-9-24(10-7-20)12-13-25/h2-5,8,11,18,22,25H,6-7,9-10,12-15H2,1H3. The molecule has 1 aromatic heterocycles. The van der Waals surface area contributed by atoms with Crippen molar-refractivity contribution in [2.45, 2.75) is 37.3 Å². The molecular formula is C20H28N4O. The van der Waals surface area contributed by atoms with Gasteiger partial charge in [-0.2, -0.15) is 0 Å². The fraction of sp³-hybridized carbons (Fsp3) is 0.550. The number of benzene rings is 1. The lowest BCUT2D eigenvalue weighted by Crippen LogP contribution is -2.42. The van der Waals surface area contributed by atoms with E-state index in [0.717, 1.165) is 32.0 Å². The maximum Gasteiger partial charge on any atom is 0.122 e. The number of hydrogen-bond acceptors (Lipinski definition) is 4. The van der Waals surface area contributed by atoms with Crippen LogP contribution in [0.25, 0.3) is 0 Å². The Morgan fingerprint density at radius 3 is 2.80 bits per heavy atom. The zero-order chi connectivity index (χ0) is 17.3. The summed E-state index contributed by atoms with van der Waals surface area (Å²) in [6.45, 7) is 4.03. The number of piperidine rings is 1. The van der Waals surface area contributed by atoms with Gasteiger partial charge in [-0.3, -0.25) is 0 Å². The zero-order valence-corrected chi connectivity index (χ0v) is 15.0. The smallest absolute Gasteiger partial charge is 0.122 e. The van der Waals surface area contributed by atoms with Crippen molar-refractivity contribution in [1.82, 2.24) is 19.8 Å². The Bertz CT molecular complexity index is 718. The highest BCUT2D eigenvalue weighted by Crippen LogP contribution is 2.50. The van der Waals surface area contributed by atoms with Gasteiger partial charge in [-0.15, -0.1) is 0 Å². The molecular weight excluding hydrogens is 312 g/mol. The highest BCUT2D eigenvalue weighted by molar-refractivity contribution is 5.42. The van der Waals surface area contributed by atoms with Gasteiger partial charge in [-0.05, 0) is 48.9 Å². The van der Waals surface area contributed by atoms with E-state index in [1.54, 1.807) is 0 Å². The van der Waals surface area contributed by atoms with Crippen molar-refractivity contribution < 1.29 is 5.11 Å². The van der Waals surface area contributed by atoms with E-state index in [2.05, 4.69) is 44.0 Å². The number of aliphatic hydroxyl groups excluding tert-OH is 1. The van der Waals surface area contributed by atoms with Gasteiger partial charge < -0.3 is 19.9 Å². The average Bonchev–Trinajstić information content (AvgIpc) is 3.18. The van der Waals surface area contributed by atoms with E-state index in [9.17, 15) is 5.11 Å². The molecule has 2 heterocycles. The first kappa shape index (κ1) is 16.8. The second-order valence-electron chi connectivity index (χ2n) is 7.52. The first-order valence-corrected chi connectivity index (χ1v) is 9.34. The Hall–Kier alpha value is -1.69. The van der Waals surface area contributed by atoms with Crippen LogP contribution in [-0.4, -0.2) is 45.8 Å². The summed E-state index contributed by atoms with van der Waals surface area (Å²) in [7, 11) is 2.05. The number of hydrogen-bond donors (Lipinski definition) is 2. The van der Waals surface area contributed by atoms with Crippen molar-refractivity contribution in [2.75, 3.05) is 26.2 Å². The van der Waals surface area contributed by atoms with Gasteiger partial charge in [0.05, 0.1) is 13.2 Å². The van der Waals surface area contributed by atoms with Gasteiger partial charge >= 0.3 is 0 Å². The number of fused-ring (bicyclic) bond motifs is 2. The van der Waals surface area contributed by atoms with E-state index < -0.39 is 0 Å². The molecule has 0 amide bonds. The Morgan fingerprint density at radius 1 is 1.28 bits per heavy atom. The molecule has 1 atom stereocenters. The first-order chi connectivity index (χ1) is 12.2. The summed E-state index contributed by atoms with van der Waals surface area (Å²) in [4.78, 5) is 6.83. The molecule has 5 nitrogen and oxygen atoms in total. The third-order valence-electron chi connectivity index (χ3n) is 6.16. The lowest BCUT2D eigenvalue weighted by atomic mass is 9.73. The molecule has 134 valence electrons. The normalized spacial score (nSPS) is 22.4. The molecule has 1 aromatic carbocycles. The topological polar surface area (TPSA) is 53.3 Å². The Labute approximate surface area is 149 Å². The highest BCUT2D eigenvalue weighted by atomic mass is 16.3. The number of aryl methyl sites for hydroxylation is 1. The van der Waals surface area contributed by atoms with Crippen molar-refractivity contribution in [1.29, 1.82) is 0 Å². The number of nitrogens with zero attached hydrogens (tertiary/aromatic N) is 3. The van der Waals surface area contributed by atoms with Crippen LogP contribution in [0.2, 0.25) is 0 Å². The summed E-state index contributed by atoms with van der Waals surface area (Å²) in [5, 5.41) is 13.0. The lowest BCUT2D eigenvalue weighted by Gasteiger charge is -2.40. The lowest BCUT2D eigenvalue weighted by molar-refractivity contribution is 0.127. The molecule has 2 N–H and O–H groups in total. The van der Waals surface area contributed by atoms with Gasteiger partial charge in [0.15, 0.2) is 0 Å². The number of imidazole rings is 1. The van der Waals surface area contributed by atoms with Gasteiger partial charge in [-0.25, -0.2) is 4.98 Å². The van der Waals surface area contributed by atoms with Crippen molar-refractivity contribution in [3.8, 4) is 0 Å². The van der Waals surface area contributed by atoms with Gasteiger partial charge in [0, 0.05) is 32.0 Å². The van der Waals surface area contributed by atoms with Crippen LogP contribution in [0.5, 0.6) is 0 Å². The molecule has 1 fully saturated rings. The van der Waals surface area contributed by atoms with Crippen LogP contribution in [0.1, 0.15) is 42.3 Å². The maximum absolute atomic E-state index is 9.20. The van der Waals surface area contributed by atoms with Crippen LogP contribution in [0.15, 0.2) is 36.7 Å².